The van der Waals surface area contributed by atoms with Crippen LogP contribution in [0.3, 0.4) is 0 Å². The quantitative estimate of drug-likeness (QED) is 0.182. The number of hydrogen-bond acceptors (Lipinski definition) is 12. The van der Waals surface area contributed by atoms with Crippen molar-refractivity contribution in [3.05, 3.63) is 0 Å². The van der Waals surface area contributed by atoms with Crippen LogP contribution in [0.4, 0.5) is 0 Å². The van der Waals surface area contributed by atoms with Gasteiger partial charge in [-0.2, -0.15) is 0 Å². The largest absolute Gasteiger partial charge is 0.470 e. The van der Waals surface area contributed by atoms with Crippen LogP contribution in [0.5, 0.6) is 0 Å². The predicted molar refractivity (Wildman–Crippen MR) is 79.5 cm³/mol. The Labute approximate surface area is 152 Å². The van der Waals surface area contributed by atoms with Gasteiger partial charge in [0.2, 0.25) is 0 Å². The lowest BCUT2D eigenvalue weighted by atomic mass is 9.98. The number of aliphatic hydroxyl groups excluding tert-OH is 7. The maximum absolute atomic E-state index is 11.0. The first-order valence-electron chi connectivity index (χ1n) is 7.82. The predicted octanol–water partition coefficient (Wildman–Crippen LogP) is -5.28. The molecule has 0 aliphatic carbocycles. The third-order valence-electron chi connectivity index (χ3n) is 4.20. The van der Waals surface area contributed by atoms with Crippen molar-refractivity contribution in [3.8, 4) is 0 Å². The Morgan fingerprint density at radius 3 is 1.70 bits per heavy atom. The van der Waals surface area contributed by atoms with Crippen LogP contribution >= 0.6 is 7.82 Å². The van der Waals surface area contributed by atoms with E-state index in [-0.39, 0.29) is 0 Å². The minimum Gasteiger partial charge on any atom is -0.394 e. The highest BCUT2D eigenvalue weighted by molar-refractivity contribution is 7.46. The molecule has 0 aromatic carbocycles. The molecule has 9 N–H and O–H groups in total. The highest BCUT2D eigenvalue weighted by atomic mass is 31.2. The molecule has 2 rings (SSSR count). The van der Waals surface area contributed by atoms with Crippen molar-refractivity contribution in [1.29, 1.82) is 0 Å². The van der Waals surface area contributed by atoms with Crippen molar-refractivity contribution in [3.63, 3.8) is 0 Å². The van der Waals surface area contributed by atoms with Gasteiger partial charge >= 0.3 is 7.82 Å². The average Bonchev–Trinajstić information content (AvgIpc) is 2.60. The molecule has 0 amide bonds. The number of rotatable bonds is 6. The molecule has 160 valence electrons. The highest BCUT2D eigenvalue weighted by Gasteiger charge is 2.51. The molecule has 2 heterocycles. The topological polar surface area (TPSA) is 236 Å². The zero-order valence-electron chi connectivity index (χ0n) is 13.7. The molecule has 2 aliphatic heterocycles. The molecular formula is C12H23O14P. The second-order valence-corrected chi connectivity index (χ2v) is 7.29. The van der Waals surface area contributed by atoms with E-state index in [2.05, 4.69) is 4.52 Å². The van der Waals surface area contributed by atoms with Gasteiger partial charge in [0.15, 0.2) is 12.6 Å². The minimum absolute atomic E-state index is 0.737. The monoisotopic (exact) mass is 422 g/mol. The Morgan fingerprint density at radius 2 is 1.22 bits per heavy atom. The molecule has 0 saturated carbocycles. The molecule has 2 aliphatic rings. The van der Waals surface area contributed by atoms with Crippen molar-refractivity contribution in [1.82, 2.24) is 0 Å². The summed E-state index contributed by atoms with van der Waals surface area (Å²) in [5.41, 5.74) is 0. The molecule has 14 nitrogen and oxygen atoms in total. The Hall–Kier alpha value is -0.290. The summed E-state index contributed by atoms with van der Waals surface area (Å²) in [7, 11) is -5.10. The number of hydrogen-bond donors (Lipinski definition) is 9. The summed E-state index contributed by atoms with van der Waals surface area (Å²) < 4.78 is 30.6. The van der Waals surface area contributed by atoms with Crippen LogP contribution in [0.25, 0.3) is 0 Å². The lowest BCUT2D eigenvalue weighted by molar-refractivity contribution is -0.375. The molecule has 27 heavy (non-hydrogen) atoms. The zero-order chi connectivity index (χ0) is 20.5. The van der Waals surface area contributed by atoms with Crippen LogP contribution in [-0.4, -0.2) is 120 Å². The second kappa shape index (κ2) is 9.02. The van der Waals surface area contributed by atoms with E-state index in [4.69, 9.17) is 29.1 Å². The van der Waals surface area contributed by atoms with E-state index >= 15 is 0 Å². The van der Waals surface area contributed by atoms with Crippen LogP contribution in [0.2, 0.25) is 0 Å². The minimum atomic E-state index is -5.10. The van der Waals surface area contributed by atoms with Gasteiger partial charge in [-0.05, 0) is 0 Å². The fourth-order valence-electron chi connectivity index (χ4n) is 2.77. The van der Waals surface area contributed by atoms with Gasteiger partial charge in [0.25, 0.3) is 0 Å². The Kier molecular flexibility index (Phi) is 7.68. The summed E-state index contributed by atoms with van der Waals surface area (Å²) in [6.45, 7) is -1.62. The SMILES string of the molecule is O=P(O)(O)O[C@H]1[C@H](O)[C@@H](O)[C@@H](O[C@H]2O[C@H](CO)[C@@H](O)[C@H](O)[C@H]2O)O[C@@H]1CO. The van der Waals surface area contributed by atoms with Gasteiger partial charge in [-0.15, -0.1) is 0 Å². The van der Waals surface area contributed by atoms with Gasteiger partial charge in [-0.3, -0.25) is 4.52 Å². The molecule has 0 radical (unpaired) electrons. The summed E-state index contributed by atoms with van der Waals surface area (Å²) in [4.78, 5) is 17.7. The third kappa shape index (κ3) is 5.20. The first kappa shape index (κ1) is 23.0. The van der Waals surface area contributed by atoms with E-state index in [1.165, 1.54) is 0 Å². The Balaban J connectivity index is 2.11. The molecule has 2 saturated heterocycles. The smallest absolute Gasteiger partial charge is 0.394 e. The summed E-state index contributed by atoms with van der Waals surface area (Å²) in [6.07, 6.45) is -17.3. The molecule has 0 unspecified atom stereocenters. The molecule has 0 bridgehead atoms. The summed E-state index contributed by atoms with van der Waals surface area (Å²) in [5.74, 6) is 0. The van der Waals surface area contributed by atoms with E-state index in [0.717, 1.165) is 0 Å². The maximum atomic E-state index is 11.0. The van der Waals surface area contributed by atoms with Crippen molar-refractivity contribution >= 4 is 7.82 Å². The van der Waals surface area contributed by atoms with Crippen molar-refractivity contribution in [2.24, 2.45) is 0 Å². The second-order valence-electron chi connectivity index (χ2n) is 6.10. The van der Waals surface area contributed by atoms with Crippen LogP contribution in [0.15, 0.2) is 0 Å². The van der Waals surface area contributed by atoms with Crippen LogP contribution in [0, 0.1) is 0 Å². The normalized spacial score (nSPS) is 46.4. The first-order chi connectivity index (χ1) is 12.5. The van der Waals surface area contributed by atoms with Gasteiger partial charge in [-0.1, -0.05) is 0 Å². The van der Waals surface area contributed by atoms with E-state index in [0.29, 0.717) is 0 Å². The van der Waals surface area contributed by atoms with Crippen LogP contribution < -0.4 is 0 Å². The molecule has 2 fully saturated rings. The zero-order valence-corrected chi connectivity index (χ0v) is 14.6. The Morgan fingerprint density at radius 1 is 0.741 bits per heavy atom. The number of phosphoric acid groups is 1. The van der Waals surface area contributed by atoms with Crippen molar-refractivity contribution < 1.29 is 68.8 Å². The lowest BCUT2D eigenvalue weighted by Crippen LogP contribution is -2.64. The van der Waals surface area contributed by atoms with E-state index in [1.54, 1.807) is 0 Å². The Bertz CT molecular complexity index is 524. The summed E-state index contributed by atoms with van der Waals surface area (Å²) >= 11 is 0. The number of ether oxygens (including phenoxy) is 3. The van der Waals surface area contributed by atoms with Gasteiger partial charge in [0, 0.05) is 0 Å². The van der Waals surface area contributed by atoms with Crippen LogP contribution in [-0.2, 0) is 23.3 Å². The van der Waals surface area contributed by atoms with Crippen molar-refractivity contribution in [2.45, 2.75) is 61.4 Å². The molecule has 15 heteroatoms. The maximum Gasteiger partial charge on any atom is 0.470 e. The van der Waals surface area contributed by atoms with E-state index in [1.807, 2.05) is 0 Å². The summed E-state index contributed by atoms with van der Waals surface area (Å²) in [5, 5.41) is 67.9. The number of aliphatic hydroxyl groups is 7. The van der Waals surface area contributed by atoms with Gasteiger partial charge < -0.3 is 59.7 Å². The molecule has 0 spiro atoms. The van der Waals surface area contributed by atoms with Crippen molar-refractivity contribution in [2.75, 3.05) is 13.2 Å². The molecule has 10 atom stereocenters. The van der Waals surface area contributed by atoms with Crippen LogP contribution in [0.1, 0.15) is 0 Å². The first-order valence-corrected chi connectivity index (χ1v) is 9.35. The van der Waals surface area contributed by atoms with Gasteiger partial charge in [0.1, 0.15) is 48.8 Å². The highest BCUT2D eigenvalue weighted by Crippen LogP contribution is 2.41. The summed E-state index contributed by atoms with van der Waals surface area (Å²) in [6, 6.07) is 0. The standard InChI is InChI=1S/C12H23O14P/c13-1-3-5(15)6(16)8(18)11(23-3)25-12-9(19)7(17)10(4(2-14)24-12)26-27(20,21)22/h3-19H,1-2H2,(H2,20,21,22)/t3-,4-,5-,6+,7-,8-,9-,10-,11-,12-/m1/s1. The van der Waals surface area contributed by atoms with Gasteiger partial charge in [-0.25, -0.2) is 4.57 Å². The average molecular weight is 422 g/mol. The molecule has 0 aromatic heterocycles. The van der Waals surface area contributed by atoms with E-state index in [9.17, 15) is 35.2 Å². The fourth-order valence-corrected chi connectivity index (χ4v) is 3.34. The van der Waals surface area contributed by atoms with E-state index < -0.39 is 82.4 Å². The fraction of sp³-hybridized carbons (Fsp3) is 1.00. The lowest BCUT2D eigenvalue weighted by Gasteiger charge is -2.45. The molecule has 0 aromatic rings. The third-order valence-corrected chi connectivity index (χ3v) is 4.71. The van der Waals surface area contributed by atoms with Gasteiger partial charge in [0.05, 0.1) is 13.2 Å². The number of phosphoric ester groups is 1. The molecular weight excluding hydrogens is 399 g/mol.